The number of pyridine rings is 1. The van der Waals surface area contributed by atoms with Gasteiger partial charge >= 0.3 is 0 Å². The number of hydrogen-bond donors (Lipinski definition) is 1. The molecule has 0 spiro atoms. The number of rotatable bonds is 3. The van der Waals surface area contributed by atoms with E-state index in [0.29, 0.717) is 30.5 Å². The van der Waals surface area contributed by atoms with E-state index in [9.17, 15) is 14.0 Å². The number of amides is 2. The largest absolute Gasteiger partial charge is 0.349 e. The molecule has 2 atom stereocenters. The van der Waals surface area contributed by atoms with Crippen molar-refractivity contribution >= 4 is 11.8 Å². The predicted octanol–water partition coefficient (Wildman–Crippen LogP) is 3.47. The van der Waals surface area contributed by atoms with Crippen LogP contribution in [0.2, 0.25) is 0 Å². The molecular formula is C23H26FN3O2. The second-order valence-electron chi connectivity index (χ2n) is 8.28. The fourth-order valence-electron chi connectivity index (χ4n) is 4.64. The van der Waals surface area contributed by atoms with Gasteiger partial charge in [-0.25, -0.2) is 4.39 Å². The van der Waals surface area contributed by atoms with Gasteiger partial charge in [0, 0.05) is 31.3 Å². The minimum atomic E-state index is -0.375. The molecule has 0 unspecified atom stereocenters. The summed E-state index contributed by atoms with van der Waals surface area (Å²) >= 11 is 0. The Morgan fingerprint density at radius 3 is 2.86 bits per heavy atom. The van der Waals surface area contributed by atoms with E-state index in [4.69, 9.17) is 0 Å². The van der Waals surface area contributed by atoms with Crippen molar-refractivity contribution in [3.8, 4) is 0 Å². The van der Waals surface area contributed by atoms with Crippen LogP contribution >= 0.6 is 0 Å². The van der Waals surface area contributed by atoms with E-state index in [1.54, 1.807) is 36.5 Å². The molecule has 0 bridgehead atoms. The van der Waals surface area contributed by atoms with Crippen LogP contribution in [-0.2, 0) is 11.2 Å². The molecule has 2 saturated heterocycles. The van der Waals surface area contributed by atoms with Crippen LogP contribution in [0.3, 0.4) is 0 Å². The first-order chi connectivity index (χ1) is 14.0. The molecule has 2 aliphatic rings. The lowest BCUT2D eigenvalue weighted by atomic mass is 9.81. The van der Waals surface area contributed by atoms with Gasteiger partial charge in [0.1, 0.15) is 5.82 Å². The zero-order valence-corrected chi connectivity index (χ0v) is 16.7. The summed E-state index contributed by atoms with van der Waals surface area (Å²) in [5.74, 6) is -0.233. The van der Waals surface area contributed by atoms with Gasteiger partial charge in [-0.3, -0.25) is 14.6 Å². The van der Waals surface area contributed by atoms with Crippen LogP contribution in [0.1, 0.15) is 60.6 Å². The molecule has 0 aliphatic carbocycles. The molecule has 1 aromatic heterocycles. The van der Waals surface area contributed by atoms with Gasteiger partial charge in [0.15, 0.2) is 0 Å². The first-order valence-electron chi connectivity index (χ1n) is 10.3. The van der Waals surface area contributed by atoms with Crippen molar-refractivity contribution in [1.82, 2.24) is 15.2 Å². The second kappa shape index (κ2) is 7.93. The first-order valence-corrected chi connectivity index (χ1v) is 10.3. The molecule has 152 valence electrons. The smallest absolute Gasteiger partial charge is 0.255 e. The predicted molar refractivity (Wildman–Crippen MR) is 108 cm³/mol. The zero-order valence-electron chi connectivity index (χ0n) is 16.7. The second-order valence-corrected chi connectivity index (χ2v) is 8.28. The minimum Gasteiger partial charge on any atom is -0.349 e. The Morgan fingerprint density at radius 1 is 1.28 bits per heavy atom. The van der Waals surface area contributed by atoms with Crippen molar-refractivity contribution in [1.29, 1.82) is 0 Å². The summed E-state index contributed by atoms with van der Waals surface area (Å²) in [7, 11) is 0. The highest BCUT2D eigenvalue weighted by atomic mass is 19.1. The van der Waals surface area contributed by atoms with Crippen LogP contribution in [-0.4, -0.2) is 39.8 Å². The number of halogens is 1. The van der Waals surface area contributed by atoms with Crippen LogP contribution in [0, 0.1) is 5.82 Å². The van der Waals surface area contributed by atoms with Crippen LogP contribution in [0.5, 0.6) is 0 Å². The highest BCUT2D eigenvalue weighted by Gasteiger charge is 2.45. The Kier molecular flexibility index (Phi) is 5.35. The molecule has 2 aliphatic heterocycles. The van der Waals surface area contributed by atoms with Crippen molar-refractivity contribution in [2.24, 2.45) is 0 Å². The van der Waals surface area contributed by atoms with Gasteiger partial charge in [-0.15, -0.1) is 0 Å². The lowest BCUT2D eigenvalue weighted by Crippen LogP contribution is -2.63. The Hall–Kier alpha value is -2.76. The monoisotopic (exact) mass is 395 g/mol. The third-order valence-corrected chi connectivity index (χ3v) is 6.18. The summed E-state index contributed by atoms with van der Waals surface area (Å²) < 4.78 is 13.9. The summed E-state index contributed by atoms with van der Waals surface area (Å²) in [5.41, 5.74) is 1.46. The third-order valence-electron chi connectivity index (χ3n) is 6.18. The molecule has 0 radical (unpaired) electrons. The highest BCUT2D eigenvalue weighted by Crippen LogP contribution is 2.34. The summed E-state index contributed by atoms with van der Waals surface area (Å²) in [6, 6.07) is 10.2. The highest BCUT2D eigenvalue weighted by molar-refractivity contribution is 5.94. The van der Waals surface area contributed by atoms with Crippen LogP contribution in [0.4, 0.5) is 4.39 Å². The number of piperidine rings is 1. The number of nitrogens with zero attached hydrogens (tertiary/aromatic N) is 2. The Morgan fingerprint density at radius 2 is 2.10 bits per heavy atom. The molecule has 4 rings (SSSR count). The lowest BCUT2D eigenvalue weighted by molar-refractivity contribution is -0.123. The molecule has 29 heavy (non-hydrogen) atoms. The molecule has 0 saturated carbocycles. The molecule has 1 N–H and O–H groups in total. The van der Waals surface area contributed by atoms with Gasteiger partial charge in [0.2, 0.25) is 5.91 Å². The fourth-order valence-corrected chi connectivity index (χ4v) is 4.64. The molecule has 2 amide bonds. The maximum atomic E-state index is 13.9. The van der Waals surface area contributed by atoms with Gasteiger partial charge < -0.3 is 10.2 Å². The maximum absolute atomic E-state index is 13.9. The Bertz CT molecular complexity index is 915. The number of aromatic nitrogens is 1. The fraction of sp³-hybridized carbons (Fsp3) is 0.435. The lowest BCUT2D eigenvalue weighted by Gasteiger charge is -2.47. The van der Waals surface area contributed by atoms with Gasteiger partial charge in [-0.2, -0.15) is 0 Å². The molecule has 3 heterocycles. The summed E-state index contributed by atoms with van der Waals surface area (Å²) in [6.45, 7) is 2.74. The van der Waals surface area contributed by atoms with Crippen molar-refractivity contribution in [2.75, 3.05) is 6.54 Å². The average Bonchev–Trinajstić information content (AvgIpc) is 2.86. The summed E-state index contributed by atoms with van der Waals surface area (Å²) in [6.07, 6.45) is 5.83. The number of fused-ring (bicyclic) bond motifs is 1. The number of benzene rings is 1. The molecular weight excluding hydrogens is 369 g/mol. The van der Waals surface area contributed by atoms with E-state index < -0.39 is 0 Å². The Labute approximate surface area is 170 Å². The van der Waals surface area contributed by atoms with Gasteiger partial charge in [0.25, 0.3) is 5.91 Å². The number of hydrogen-bond acceptors (Lipinski definition) is 3. The topological polar surface area (TPSA) is 62.3 Å². The van der Waals surface area contributed by atoms with Crippen LogP contribution < -0.4 is 5.32 Å². The van der Waals surface area contributed by atoms with Crippen molar-refractivity contribution in [3.63, 3.8) is 0 Å². The normalized spacial score (nSPS) is 24.4. The van der Waals surface area contributed by atoms with E-state index in [0.717, 1.165) is 31.4 Å². The molecule has 1 aromatic carbocycles. The first kappa shape index (κ1) is 19.6. The quantitative estimate of drug-likeness (QED) is 0.866. The van der Waals surface area contributed by atoms with Crippen molar-refractivity contribution in [3.05, 3.63) is 65.2 Å². The molecule has 2 fully saturated rings. The van der Waals surface area contributed by atoms with E-state index in [2.05, 4.69) is 17.2 Å². The van der Waals surface area contributed by atoms with E-state index in [1.165, 1.54) is 6.07 Å². The molecule has 6 heteroatoms. The summed E-state index contributed by atoms with van der Waals surface area (Å²) in [4.78, 5) is 31.6. The standard InChI is InChI=1S/C23H26FN3O2/c1-23-12-5-13-27(20(23)8-4-9-21(28)26-23)22(29)17-10-11-18(25-15-17)14-16-6-2-3-7-19(16)24/h2-3,6-7,10-11,15,20H,4-5,8-9,12-14H2,1H3,(H,26,28)/t20-,23-/m0/s1. The molecule has 2 aromatic rings. The molecule has 5 nitrogen and oxygen atoms in total. The average molecular weight is 395 g/mol. The zero-order chi connectivity index (χ0) is 20.4. The summed E-state index contributed by atoms with van der Waals surface area (Å²) in [5, 5.41) is 3.15. The van der Waals surface area contributed by atoms with Gasteiger partial charge in [-0.1, -0.05) is 18.2 Å². The van der Waals surface area contributed by atoms with Crippen molar-refractivity contribution in [2.45, 2.75) is 57.0 Å². The van der Waals surface area contributed by atoms with Crippen LogP contribution in [0.15, 0.2) is 42.6 Å². The third kappa shape index (κ3) is 4.02. The number of carbonyl (C=O) groups excluding carboxylic acids is 2. The van der Waals surface area contributed by atoms with E-state index >= 15 is 0 Å². The SMILES string of the molecule is C[C@]12CCCN(C(=O)c3ccc(Cc4ccccc4F)nc3)[C@H]1CCCC(=O)N2. The van der Waals surface area contributed by atoms with E-state index in [-0.39, 0.29) is 29.2 Å². The number of likely N-dealkylation sites (tertiary alicyclic amines) is 1. The minimum absolute atomic E-state index is 0.00621. The van der Waals surface area contributed by atoms with Crippen molar-refractivity contribution < 1.29 is 14.0 Å². The van der Waals surface area contributed by atoms with E-state index in [1.807, 2.05) is 4.90 Å². The maximum Gasteiger partial charge on any atom is 0.255 e. The number of carbonyl (C=O) groups is 2. The Balaban J connectivity index is 1.51. The van der Waals surface area contributed by atoms with Crippen LogP contribution in [0.25, 0.3) is 0 Å². The van der Waals surface area contributed by atoms with Gasteiger partial charge in [-0.05, 0) is 56.4 Å². The van der Waals surface area contributed by atoms with Gasteiger partial charge in [0.05, 0.1) is 17.1 Å². The number of nitrogens with one attached hydrogen (secondary N) is 1.